The van der Waals surface area contributed by atoms with Gasteiger partial charge in [0.25, 0.3) is 5.91 Å². The number of aliphatic carboxylic acids is 1. The highest BCUT2D eigenvalue weighted by Crippen LogP contribution is 2.27. The highest BCUT2D eigenvalue weighted by Gasteiger charge is 2.11. The van der Waals surface area contributed by atoms with E-state index >= 15 is 0 Å². The fourth-order valence-electron chi connectivity index (χ4n) is 3.87. The molecule has 194 valence electrons. The topological polar surface area (TPSA) is 101 Å². The van der Waals surface area contributed by atoms with Gasteiger partial charge in [0.05, 0.1) is 6.42 Å². The Bertz CT molecular complexity index is 1360. The first kappa shape index (κ1) is 26.9. The number of rotatable bonds is 12. The number of hydrogen-bond donors (Lipinski definition) is 3. The molecule has 4 aromatic rings. The van der Waals surface area contributed by atoms with Crippen LogP contribution in [0.5, 0.6) is 11.5 Å². The van der Waals surface area contributed by atoms with Gasteiger partial charge in [0.15, 0.2) is 0 Å². The summed E-state index contributed by atoms with van der Waals surface area (Å²) in [6.07, 6.45) is 4.15. The van der Waals surface area contributed by atoms with Crippen molar-refractivity contribution in [1.29, 1.82) is 0 Å². The monoisotopic (exact) mass is 529 g/mol. The first-order valence-corrected chi connectivity index (χ1v) is 12.6. The van der Waals surface area contributed by atoms with Crippen LogP contribution >= 0.6 is 11.6 Å². The molecule has 7 nitrogen and oxygen atoms in total. The Hall–Kier alpha value is -4.20. The molecule has 1 aromatic heterocycles. The Morgan fingerprint density at radius 1 is 0.895 bits per heavy atom. The van der Waals surface area contributed by atoms with Crippen LogP contribution < -0.4 is 15.4 Å². The van der Waals surface area contributed by atoms with Crippen molar-refractivity contribution in [3.8, 4) is 11.5 Å². The Kier molecular flexibility index (Phi) is 9.45. The molecule has 0 aliphatic heterocycles. The van der Waals surface area contributed by atoms with Crippen molar-refractivity contribution in [3.05, 3.63) is 124 Å². The van der Waals surface area contributed by atoms with Gasteiger partial charge in [-0.25, -0.2) is 0 Å². The summed E-state index contributed by atoms with van der Waals surface area (Å²) in [6.45, 7) is 1.60. The molecule has 3 aromatic carbocycles. The maximum atomic E-state index is 12.5. The molecule has 0 bridgehead atoms. The molecule has 0 unspecified atom stereocenters. The van der Waals surface area contributed by atoms with Crippen molar-refractivity contribution in [2.45, 2.75) is 25.9 Å². The second kappa shape index (κ2) is 13.4. The number of nitrogens with zero attached hydrogens (tertiary/aromatic N) is 1. The fourth-order valence-corrected chi connectivity index (χ4v) is 4.00. The molecular weight excluding hydrogens is 502 g/mol. The lowest BCUT2D eigenvalue weighted by Crippen LogP contribution is -2.25. The minimum Gasteiger partial charge on any atom is -0.481 e. The van der Waals surface area contributed by atoms with Crippen LogP contribution in [-0.4, -0.2) is 28.5 Å². The van der Waals surface area contributed by atoms with E-state index in [-0.39, 0.29) is 12.3 Å². The van der Waals surface area contributed by atoms with Crippen LogP contribution in [0.4, 0.5) is 0 Å². The fraction of sp³-hybridized carbons (Fsp3) is 0.167. The van der Waals surface area contributed by atoms with Crippen molar-refractivity contribution in [1.82, 2.24) is 15.6 Å². The Morgan fingerprint density at radius 2 is 1.66 bits per heavy atom. The van der Waals surface area contributed by atoms with E-state index < -0.39 is 5.97 Å². The number of carboxylic acid groups (broad SMARTS) is 1. The Morgan fingerprint density at radius 3 is 2.37 bits per heavy atom. The summed E-state index contributed by atoms with van der Waals surface area (Å²) in [6, 6.07) is 23.7. The zero-order valence-corrected chi connectivity index (χ0v) is 21.4. The van der Waals surface area contributed by atoms with Crippen LogP contribution in [0.1, 0.15) is 32.6 Å². The maximum absolute atomic E-state index is 12.5. The molecule has 38 heavy (non-hydrogen) atoms. The third kappa shape index (κ3) is 8.16. The van der Waals surface area contributed by atoms with E-state index in [0.29, 0.717) is 53.7 Å². The molecule has 4 rings (SSSR count). The second-order valence-electron chi connectivity index (χ2n) is 8.74. The Labute approximate surface area is 226 Å². The first-order chi connectivity index (χ1) is 18.5. The summed E-state index contributed by atoms with van der Waals surface area (Å²) >= 11 is 5.91. The average Bonchev–Trinajstić information content (AvgIpc) is 2.92. The predicted molar refractivity (Wildman–Crippen MR) is 147 cm³/mol. The number of carbonyl (C=O) groups is 2. The highest BCUT2D eigenvalue weighted by atomic mass is 35.5. The van der Waals surface area contributed by atoms with Gasteiger partial charge >= 0.3 is 5.97 Å². The van der Waals surface area contributed by atoms with Gasteiger partial charge in [-0.2, -0.15) is 0 Å². The van der Waals surface area contributed by atoms with E-state index in [9.17, 15) is 14.7 Å². The van der Waals surface area contributed by atoms with Gasteiger partial charge in [-0.3, -0.25) is 14.6 Å². The molecule has 0 aliphatic carbocycles. The Balaban J connectivity index is 1.37. The number of pyridine rings is 1. The summed E-state index contributed by atoms with van der Waals surface area (Å²) in [5.74, 6) is 0.124. The lowest BCUT2D eigenvalue weighted by atomic mass is 10.1. The van der Waals surface area contributed by atoms with Crippen molar-refractivity contribution < 1.29 is 19.4 Å². The number of aromatic nitrogens is 1. The smallest absolute Gasteiger partial charge is 0.307 e. The van der Waals surface area contributed by atoms with Crippen LogP contribution in [0.3, 0.4) is 0 Å². The molecule has 0 saturated heterocycles. The number of hydrogen-bond acceptors (Lipinski definition) is 5. The first-order valence-electron chi connectivity index (χ1n) is 12.2. The van der Waals surface area contributed by atoms with E-state index in [2.05, 4.69) is 15.6 Å². The molecule has 8 heteroatoms. The zero-order chi connectivity index (χ0) is 26.7. The summed E-state index contributed by atoms with van der Waals surface area (Å²) in [7, 11) is 0. The SMILES string of the molecule is O=C(O)Cc1ccc(Oc2ccc(C(=O)NCCc3ccc(Cl)cc3)cc2)c(CNCc2cccnc2)c1. The van der Waals surface area contributed by atoms with E-state index in [4.69, 9.17) is 16.3 Å². The van der Waals surface area contributed by atoms with Gasteiger partial charge in [-0.1, -0.05) is 41.9 Å². The largest absolute Gasteiger partial charge is 0.481 e. The molecule has 3 N–H and O–H groups in total. The van der Waals surface area contributed by atoms with E-state index in [1.807, 2.05) is 42.5 Å². The number of halogens is 1. The van der Waals surface area contributed by atoms with Gasteiger partial charge < -0.3 is 20.5 Å². The van der Waals surface area contributed by atoms with Crippen molar-refractivity contribution in [2.75, 3.05) is 6.54 Å². The van der Waals surface area contributed by atoms with Crippen LogP contribution in [0.15, 0.2) is 91.3 Å². The molecule has 0 aliphatic rings. The number of carbonyl (C=O) groups excluding carboxylic acids is 1. The van der Waals surface area contributed by atoms with Gasteiger partial charge in [0.1, 0.15) is 11.5 Å². The summed E-state index contributed by atoms with van der Waals surface area (Å²) in [5.41, 5.74) is 4.19. The van der Waals surface area contributed by atoms with Crippen LogP contribution in [0.25, 0.3) is 0 Å². The average molecular weight is 530 g/mol. The van der Waals surface area contributed by atoms with Gasteiger partial charge in [0.2, 0.25) is 0 Å². The zero-order valence-electron chi connectivity index (χ0n) is 20.7. The van der Waals surface area contributed by atoms with Gasteiger partial charge in [-0.05, 0) is 71.6 Å². The lowest BCUT2D eigenvalue weighted by molar-refractivity contribution is -0.136. The van der Waals surface area contributed by atoms with Crippen LogP contribution in [0.2, 0.25) is 5.02 Å². The van der Waals surface area contributed by atoms with Crippen LogP contribution in [0, 0.1) is 0 Å². The molecule has 0 atom stereocenters. The second-order valence-corrected chi connectivity index (χ2v) is 9.17. The summed E-state index contributed by atoms with van der Waals surface area (Å²) in [5, 5.41) is 16.2. The number of amides is 1. The van der Waals surface area contributed by atoms with E-state index in [1.54, 1.807) is 48.8 Å². The van der Waals surface area contributed by atoms with Crippen molar-refractivity contribution in [2.24, 2.45) is 0 Å². The quantitative estimate of drug-likeness (QED) is 0.227. The number of carboxylic acids is 1. The number of ether oxygens (including phenoxy) is 1. The number of nitrogens with one attached hydrogen (secondary N) is 2. The normalized spacial score (nSPS) is 10.7. The highest BCUT2D eigenvalue weighted by molar-refractivity contribution is 6.30. The predicted octanol–water partition coefficient (Wildman–Crippen LogP) is 5.42. The summed E-state index contributed by atoms with van der Waals surface area (Å²) < 4.78 is 6.11. The molecule has 0 spiro atoms. The molecule has 1 amide bonds. The third-order valence-corrected chi connectivity index (χ3v) is 6.06. The van der Waals surface area contributed by atoms with Crippen molar-refractivity contribution in [3.63, 3.8) is 0 Å². The minimum absolute atomic E-state index is 0.0717. The maximum Gasteiger partial charge on any atom is 0.307 e. The van der Waals surface area contributed by atoms with E-state index in [1.165, 1.54) is 0 Å². The van der Waals surface area contributed by atoms with Gasteiger partial charge in [-0.15, -0.1) is 0 Å². The van der Waals surface area contributed by atoms with E-state index in [0.717, 1.165) is 16.7 Å². The van der Waals surface area contributed by atoms with Crippen molar-refractivity contribution >= 4 is 23.5 Å². The molecular formula is C30H28ClN3O4. The minimum atomic E-state index is -0.894. The summed E-state index contributed by atoms with van der Waals surface area (Å²) in [4.78, 5) is 27.9. The standard InChI is InChI=1S/C30H28ClN3O4/c31-26-8-3-21(4-9-26)13-15-34-30(37)24-6-10-27(11-7-24)38-28-12-5-22(17-29(35)36)16-25(28)20-33-19-23-2-1-14-32-18-23/h1-12,14,16,18,33H,13,15,17,19-20H2,(H,34,37)(H,35,36). The van der Waals surface area contributed by atoms with Crippen LogP contribution in [-0.2, 0) is 30.7 Å². The third-order valence-electron chi connectivity index (χ3n) is 5.80. The molecule has 1 heterocycles. The molecule has 0 saturated carbocycles. The number of benzene rings is 3. The lowest BCUT2D eigenvalue weighted by Gasteiger charge is -2.14. The molecule has 0 radical (unpaired) electrons. The van der Waals surface area contributed by atoms with Gasteiger partial charge in [0, 0.05) is 48.2 Å². The molecule has 0 fully saturated rings.